The highest BCUT2D eigenvalue weighted by molar-refractivity contribution is 9.10. The third-order valence-electron chi connectivity index (χ3n) is 2.92. The van der Waals surface area contributed by atoms with E-state index in [9.17, 15) is 0 Å². The van der Waals surface area contributed by atoms with Crippen LogP contribution in [-0.4, -0.2) is 31.1 Å². The zero-order valence-electron chi connectivity index (χ0n) is 11.5. The van der Waals surface area contributed by atoms with E-state index in [1.54, 1.807) is 11.0 Å². The normalized spacial score (nSPS) is 11.2. The van der Waals surface area contributed by atoms with Crippen molar-refractivity contribution in [2.45, 2.75) is 33.4 Å². The second kappa shape index (κ2) is 6.29. The summed E-state index contributed by atoms with van der Waals surface area (Å²) in [5.74, 6) is 0.870. The van der Waals surface area contributed by atoms with Gasteiger partial charge in [0.25, 0.3) is 0 Å². The van der Waals surface area contributed by atoms with E-state index in [1.807, 2.05) is 18.7 Å². The minimum atomic E-state index is 0.794. The van der Waals surface area contributed by atoms with Gasteiger partial charge in [0, 0.05) is 33.1 Å². The molecule has 6 nitrogen and oxygen atoms in total. The van der Waals surface area contributed by atoms with Crippen LogP contribution in [0, 0.1) is 6.92 Å². The number of hydrogen-bond donors (Lipinski definition) is 1. The summed E-state index contributed by atoms with van der Waals surface area (Å²) in [4.78, 5) is 4.20. The Morgan fingerprint density at radius 2 is 2.16 bits per heavy atom. The Balaban J connectivity index is 1.85. The van der Waals surface area contributed by atoms with Gasteiger partial charge in [-0.2, -0.15) is 10.2 Å². The van der Waals surface area contributed by atoms with Crippen molar-refractivity contribution in [3.8, 4) is 0 Å². The van der Waals surface area contributed by atoms with Crippen LogP contribution in [0.5, 0.6) is 0 Å². The van der Waals surface area contributed by atoms with Crippen LogP contribution < -0.4 is 5.32 Å². The van der Waals surface area contributed by atoms with Gasteiger partial charge in [0.15, 0.2) is 5.82 Å². The molecule has 104 valence electrons. The Hall–Kier alpha value is -1.21. The Kier molecular flexibility index (Phi) is 4.71. The molecule has 0 saturated heterocycles. The molecule has 0 radical (unpaired) electrons. The summed E-state index contributed by atoms with van der Waals surface area (Å²) in [6.45, 7) is 6.63. The largest absolute Gasteiger partial charge is 0.311 e. The summed E-state index contributed by atoms with van der Waals surface area (Å²) in [6.07, 6.45) is 2.55. The number of rotatable bonds is 6. The quantitative estimate of drug-likeness (QED) is 0.816. The van der Waals surface area contributed by atoms with E-state index in [0.717, 1.165) is 42.0 Å². The van der Waals surface area contributed by atoms with Gasteiger partial charge in [0.2, 0.25) is 0 Å². The minimum Gasteiger partial charge on any atom is -0.311 e. The molecule has 0 amide bonds. The molecule has 0 saturated carbocycles. The molecule has 7 heteroatoms. The van der Waals surface area contributed by atoms with Gasteiger partial charge >= 0.3 is 0 Å². The van der Waals surface area contributed by atoms with Gasteiger partial charge in [0.1, 0.15) is 6.33 Å². The monoisotopic (exact) mass is 326 g/mol. The van der Waals surface area contributed by atoms with E-state index in [-0.39, 0.29) is 0 Å². The fraction of sp³-hybridized carbons (Fsp3) is 0.583. The zero-order valence-corrected chi connectivity index (χ0v) is 13.1. The fourth-order valence-corrected chi connectivity index (χ4v) is 2.37. The molecule has 2 rings (SSSR count). The zero-order chi connectivity index (χ0) is 13.8. The lowest BCUT2D eigenvalue weighted by molar-refractivity contribution is 0.575. The number of halogens is 1. The molecule has 2 heterocycles. The molecule has 0 aliphatic heterocycles. The average molecular weight is 327 g/mol. The summed E-state index contributed by atoms with van der Waals surface area (Å²) < 4.78 is 4.84. The lowest BCUT2D eigenvalue weighted by Crippen LogP contribution is -2.20. The molecule has 0 aromatic carbocycles. The van der Waals surface area contributed by atoms with Crippen LogP contribution in [0.2, 0.25) is 0 Å². The molecule has 0 bridgehead atoms. The van der Waals surface area contributed by atoms with E-state index in [2.05, 4.69) is 43.4 Å². The van der Waals surface area contributed by atoms with Crippen LogP contribution in [0.25, 0.3) is 0 Å². The predicted molar refractivity (Wildman–Crippen MR) is 76.8 cm³/mol. The molecule has 2 aromatic heterocycles. The van der Waals surface area contributed by atoms with Gasteiger partial charge in [-0.15, -0.1) is 0 Å². The molecule has 0 atom stereocenters. The van der Waals surface area contributed by atoms with Crippen molar-refractivity contribution in [2.24, 2.45) is 7.05 Å². The highest BCUT2D eigenvalue weighted by Crippen LogP contribution is 2.20. The molecular weight excluding hydrogens is 308 g/mol. The van der Waals surface area contributed by atoms with Crippen molar-refractivity contribution in [3.63, 3.8) is 0 Å². The van der Waals surface area contributed by atoms with E-state index in [4.69, 9.17) is 0 Å². The second-order valence-electron chi connectivity index (χ2n) is 4.42. The number of nitrogens with zero attached hydrogens (tertiary/aromatic N) is 5. The summed E-state index contributed by atoms with van der Waals surface area (Å²) >= 11 is 3.59. The first-order chi connectivity index (χ1) is 9.11. The molecule has 0 aliphatic carbocycles. The first-order valence-electron chi connectivity index (χ1n) is 6.38. The maximum absolute atomic E-state index is 4.47. The maximum atomic E-state index is 4.47. The van der Waals surface area contributed by atoms with Crippen LogP contribution in [0.4, 0.5) is 0 Å². The number of aromatic nitrogens is 5. The van der Waals surface area contributed by atoms with Gasteiger partial charge in [0.05, 0.1) is 15.9 Å². The molecule has 0 fully saturated rings. The molecule has 1 N–H and O–H groups in total. The predicted octanol–water partition coefficient (Wildman–Crippen LogP) is 1.43. The number of aryl methyl sites for hydroxylation is 3. The topological polar surface area (TPSA) is 60.6 Å². The molecular formula is C12H19BrN6. The van der Waals surface area contributed by atoms with Crippen LogP contribution in [0.15, 0.2) is 10.8 Å². The molecule has 0 aliphatic rings. The SMILES string of the molecule is CCn1nc(C)c(Br)c1CNCCc1ncn(C)n1. The smallest absolute Gasteiger partial charge is 0.151 e. The van der Waals surface area contributed by atoms with E-state index >= 15 is 0 Å². The van der Waals surface area contributed by atoms with Gasteiger partial charge in [-0.25, -0.2) is 4.98 Å². The second-order valence-corrected chi connectivity index (χ2v) is 5.22. The van der Waals surface area contributed by atoms with E-state index < -0.39 is 0 Å². The Morgan fingerprint density at radius 3 is 2.79 bits per heavy atom. The maximum Gasteiger partial charge on any atom is 0.151 e. The standard InChI is InChI=1S/C12H19BrN6/c1-4-19-10(12(13)9(2)16-19)7-14-6-5-11-15-8-18(3)17-11/h8,14H,4-7H2,1-3H3. The highest BCUT2D eigenvalue weighted by Gasteiger charge is 2.11. The minimum absolute atomic E-state index is 0.794. The number of nitrogens with one attached hydrogen (secondary N) is 1. The van der Waals surface area contributed by atoms with E-state index in [0.29, 0.717) is 0 Å². The number of hydrogen-bond acceptors (Lipinski definition) is 4. The van der Waals surface area contributed by atoms with Crippen molar-refractivity contribution in [1.29, 1.82) is 0 Å². The molecule has 0 spiro atoms. The molecule has 2 aromatic rings. The first-order valence-corrected chi connectivity index (χ1v) is 7.18. The lowest BCUT2D eigenvalue weighted by atomic mass is 10.3. The van der Waals surface area contributed by atoms with Crippen LogP contribution in [0.3, 0.4) is 0 Å². The van der Waals surface area contributed by atoms with Crippen molar-refractivity contribution < 1.29 is 0 Å². The van der Waals surface area contributed by atoms with Crippen LogP contribution in [-0.2, 0) is 26.6 Å². The Bertz CT molecular complexity index is 544. The van der Waals surface area contributed by atoms with Crippen molar-refractivity contribution in [2.75, 3.05) is 6.54 Å². The summed E-state index contributed by atoms with van der Waals surface area (Å²) in [6, 6.07) is 0. The van der Waals surface area contributed by atoms with Gasteiger partial charge in [-0.3, -0.25) is 9.36 Å². The summed E-state index contributed by atoms with van der Waals surface area (Å²) in [5.41, 5.74) is 2.22. The van der Waals surface area contributed by atoms with E-state index in [1.165, 1.54) is 5.69 Å². The molecule has 0 unspecified atom stereocenters. The van der Waals surface area contributed by atoms with Gasteiger partial charge in [-0.05, 0) is 29.8 Å². The highest BCUT2D eigenvalue weighted by atomic mass is 79.9. The fourth-order valence-electron chi connectivity index (χ4n) is 1.94. The van der Waals surface area contributed by atoms with Crippen molar-refractivity contribution >= 4 is 15.9 Å². The Morgan fingerprint density at radius 1 is 1.37 bits per heavy atom. The molecule has 19 heavy (non-hydrogen) atoms. The third-order valence-corrected chi connectivity index (χ3v) is 3.95. The van der Waals surface area contributed by atoms with Crippen molar-refractivity contribution in [1.82, 2.24) is 29.9 Å². The van der Waals surface area contributed by atoms with Crippen molar-refractivity contribution in [3.05, 3.63) is 28.0 Å². The van der Waals surface area contributed by atoms with Gasteiger partial charge in [-0.1, -0.05) is 0 Å². The summed E-state index contributed by atoms with van der Waals surface area (Å²) in [5, 5.41) is 12.1. The van der Waals surface area contributed by atoms with Gasteiger partial charge < -0.3 is 5.32 Å². The summed E-state index contributed by atoms with van der Waals surface area (Å²) in [7, 11) is 1.88. The lowest BCUT2D eigenvalue weighted by Gasteiger charge is -2.06. The first kappa shape index (κ1) is 14.2. The van der Waals surface area contributed by atoms with Crippen LogP contribution >= 0.6 is 15.9 Å². The van der Waals surface area contributed by atoms with Crippen LogP contribution in [0.1, 0.15) is 24.1 Å². The average Bonchev–Trinajstić information content (AvgIpc) is 2.92. The third kappa shape index (κ3) is 3.42. The Labute approximate surface area is 121 Å².